The molecule has 3 aromatic carbocycles. The average molecular weight is 399 g/mol. The standard InChI is InChI=1S/C27H27FN2/c1-22-13-15-24(16-14-22)19-30-17-7-11-26(30)21-29(18-23-8-3-2-4-9-23)20-25-10-5-6-12-27(25)28/h2-17H,18-21H2,1H3. The van der Waals surface area contributed by atoms with Gasteiger partial charge in [0.2, 0.25) is 0 Å². The highest BCUT2D eigenvalue weighted by molar-refractivity contribution is 5.23. The molecule has 30 heavy (non-hydrogen) atoms. The van der Waals surface area contributed by atoms with Gasteiger partial charge >= 0.3 is 0 Å². The van der Waals surface area contributed by atoms with Gasteiger partial charge in [-0.3, -0.25) is 4.90 Å². The van der Waals surface area contributed by atoms with Crippen LogP contribution >= 0.6 is 0 Å². The third-order valence-electron chi connectivity index (χ3n) is 5.38. The lowest BCUT2D eigenvalue weighted by molar-refractivity contribution is 0.238. The molecule has 0 fully saturated rings. The van der Waals surface area contributed by atoms with Crippen molar-refractivity contribution in [2.24, 2.45) is 0 Å². The molecule has 4 aromatic rings. The van der Waals surface area contributed by atoms with Crippen LogP contribution in [0.1, 0.15) is 27.9 Å². The van der Waals surface area contributed by atoms with Crippen LogP contribution < -0.4 is 0 Å². The van der Waals surface area contributed by atoms with Gasteiger partial charge in [0, 0.05) is 43.6 Å². The first kappa shape index (κ1) is 20.1. The van der Waals surface area contributed by atoms with Gasteiger partial charge in [0.15, 0.2) is 0 Å². The number of halogens is 1. The van der Waals surface area contributed by atoms with Crippen molar-refractivity contribution < 1.29 is 4.39 Å². The maximum Gasteiger partial charge on any atom is 0.127 e. The van der Waals surface area contributed by atoms with Gasteiger partial charge in [-0.05, 0) is 36.2 Å². The maximum atomic E-state index is 14.3. The summed E-state index contributed by atoms with van der Waals surface area (Å²) < 4.78 is 16.6. The molecule has 3 heteroatoms. The molecule has 0 aliphatic rings. The van der Waals surface area contributed by atoms with Crippen molar-refractivity contribution in [3.8, 4) is 0 Å². The molecule has 0 aliphatic heterocycles. The number of benzene rings is 3. The van der Waals surface area contributed by atoms with Crippen molar-refractivity contribution in [2.75, 3.05) is 0 Å². The molecule has 0 saturated carbocycles. The van der Waals surface area contributed by atoms with E-state index in [4.69, 9.17) is 0 Å². The topological polar surface area (TPSA) is 8.17 Å². The fraction of sp³-hybridized carbons (Fsp3) is 0.185. The van der Waals surface area contributed by atoms with Crippen LogP contribution in [0.3, 0.4) is 0 Å². The maximum absolute atomic E-state index is 14.3. The van der Waals surface area contributed by atoms with Gasteiger partial charge in [-0.25, -0.2) is 4.39 Å². The van der Waals surface area contributed by atoms with Gasteiger partial charge < -0.3 is 4.57 Å². The highest BCUT2D eigenvalue weighted by Crippen LogP contribution is 2.18. The normalized spacial score (nSPS) is 11.2. The molecule has 1 heterocycles. The smallest absolute Gasteiger partial charge is 0.127 e. The Kier molecular flexibility index (Phi) is 6.41. The zero-order valence-electron chi connectivity index (χ0n) is 17.3. The molecule has 0 radical (unpaired) electrons. The van der Waals surface area contributed by atoms with Crippen molar-refractivity contribution in [2.45, 2.75) is 33.1 Å². The monoisotopic (exact) mass is 398 g/mol. The summed E-state index contributed by atoms with van der Waals surface area (Å²) >= 11 is 0. The van der Waals surface area contributed by atoms with E-state index in [-0.39, 0.29) is 5.82 Å². The first-order chi connectivity index (χ1) is 14.7. The minimum atomic E-state index is -0.148. The molecule has 2 nitrogen and oxygen atoms in total. The van der Waals surface area contributed by atoms with Gasteiger partial charge in [-0.1, -0.05) is 78.4 Å². The number of hydrogen-bond acceptors (Lipinski definition) is 1. The van der Waals surface area contributed by atoms with Gasteiger partial charge in [0.25, 0.3) is 0 Å². The van der Waals surface area contributed by atoms with E-state index in [1.54, 1.807) is 6.07 Å². The number of aryl methyl sites for hydroxylation is 1. The summed E-state index contributed by atoms with van der Waals surface area (Å²) in [5.74, 6) is -0.148. The third kappa shape index (κ3) is 5.25. The van der Waals surface area contributed by atoms with E-state index in [0.717, 1.165) is 25.2 Å². The lowest BCUT2D eigenvalue weighted by Gasteiger charge is -2.24. The Morgan fingerprint density at radius 2 is 1.43 bits per heavy atom. The van der Waals surface area contributed by atoms with E-state index in [0.29, 0.717) is 6.54 Å². The molecule has 0 spiro atoms. The van der Waals surface area contributed by atoms with Crippen LogP contribution in [0.5, 0.6) is 0 Å². The second kappa shape index (κ2) is 9.55. The third-order valence-corrected chi connectivity index (χ3v) is 5.38. The molecule has 0 bridgehead atoms. The molecule has 0 N–H and O–H groups in total. The van der Waals surface area contributed by atoms with E-state index in [1.807, 2.05) is 18.2 Å². The van der Waals surface area contributed by atoms with Crippen LogP contribution in [0.4, 0.5) is 4.39 Å². The van der Waals surface area contributed by atoms with Crippen LogP contribution in [-0.2, 0) is 26.2 Å². The van der Waals surface area contributed by atoms with Crippen LogP contribution in [0.2, 0.25) is 0 Å². The summed E-state index contributed by atoms with van der Waals surface area (Å²) in [6, 6.07) is 30.4. The van der Waals surface area contributed by atoms with E-state index < -0.39 is 0 Å². The number of hydrogen-bond donors (Lipinski definition) is 0. The Morgan fingerprint density at radius 1 is 0.700 bits per heavy atom. The average Bonchev–Trinajstić information content (AvgIpc) is 3.18. The predicted molar refractivity (Wildman–Crippen MR) is 121 cm³/mol. The number of nitrogens with zero attached hydrogens (tertiary/aromatic N) is 2. The Hall–Kier alpha value is -3.17. The fourth-order valence-corrected chi connectivity index (χ4v) is 3.74. The molecule has 4 rings (SSSR count). The van der Waals surface area contributed by atoms with Gasteiger partial charge in [-0.15, -0.1) is 0 Å². The lowest BCUT2D eigenvalue weighted by atomic mass is 10.1. The Balaban J connectivity index is 1.55. The minimum Gasteiger partial charge on any atom is -0.346 e. The molecule has 0 atom stereocenters. The van der Waals surface area contributed by atoms with Crippen molar-refractivity contribution in [1.82, 2.24) is 9.47 Å². The Labute approximate surface area is 178 Å². The fourth-order valence-electron chi connectivity index (χ4n) is 3.74. The van der Waals surface area contributed by atoms with Crippen molar-refractivity contribution >= 4 is 0 Å². The minimum absolute atomic E-state index is 0.148. The summed E-state index contributed by atoms with van der Waals surface area (Å²) in [6.45, 7) is 5.03. The van der Waals surface area contributed by atoms with E-state index in [2.05, 4.69) is 83.3 Å². The molecule has 0 saturated heterocycles. The van der Waals surface area contributed by atoms with E-state index in [1.165, 1.54) is 28.5 Å². The first-order valence-corrected chi connectivity index (χ1v) is 10.4. The molecular weight excluding hydrogens is 371 g/mol. The van der Waals surface area contributed by atoms with Crippen molar-refractivity contribution in [3.05, 3.63) is 131 Å². The van der Waals surface area contributed by atoms with Gasteiger partial charge in [0.1, 0.15) is 5.82 Å². The Bertz CT molecular complexity index is 1070. The molecule has 0 amide bonds. The van der Waals surface area contributed by atoms with Crippen molar-refractivity contribution in [3.63, 3.8) is 0 Å². The molecule has 152 valence electrons. The molecular formula is C27H27FN2. The number of rotatable bonds is 8. The second-order valence-electron chi connectivity index (χ2n) is 7.84. The predicted octanol–water partition coefficient (Wildman–Crippen LogP) is 6.19. The molecule has 0 aliphatic carbocycles. The highest BCUT2D eigenvalue weighted by atomic mass is 19.1. The first-order valence-electron chi connectivity index (χ1n) is 10.4. The van der Waals surface area contributed by atoms with Crippen LogP contribution in [0.25, 0.3) is 0 Å². The lowest BCUT2D eigenvalue weighted by Crippen LogP contribution is -2.24. The van der Waals surface area contributed by atoms with Crippen LogP contribution in [0, 0.1) is 12.7 Å². The van der Waals surface area contributed by atoms with Gasteiger partial charge in [0.05, 0.1) is 0 Å². The summed E-state index contributed by atoms with van der Waals surface area (Å²) in [5, 5.41) is 0. The SMILES string of the molecule is Cc1ccc(Cn2cccc2CN(Cc2ccccc2)Cc2ccccc2F)cc1. The van der Waals surface area contributed by atoms with Crippen LogP contribution in [-0.4, -0.2) is 9.47 Å². The quantitative estimate of drug-likeness (QED) is 0.344. The summed E-state index contributed by atoms with van der Waals surface area (Å²) in [5.41, 5.74) is 5.73. The summed E-state index contributed by atoms with van der Waals surface area (Å²) in [6.07, 6.45) is 2.12. The Morgan fingerprint density at radius 3 is 2.20 bits per heavy atom. The van der Waals surface area contributed by atoms with Gasteiger partial charge in [-0.2, -0.15) is 0 Å². The zero-order valence-corrected chi connectivity index (χ0v) is 17.3. The highest BCUT2D eigenvalue weighted by Gasteiger charge is 2.13. The van der Waals surface area contributed by atoms with E-state index >= 15 is 0 Å². The number of aromatic nitrogens is 1. The molecule has 1 aromatic heterocycles. The second-order valence-corrected chi connectivity index (χ2v) is 7.84. The van der Waals surface area contributed by atoms with Crippen LogP contribution in [0.15, 0.2) is 97.2 Å². The largest absolute Gasteiger partial charge is 0.346 e. The molecule has 0 unspecified atom stereocenters. The summed E-state index contributed by atoms with van der Waals surface area (Å²) in [4.78, 5) is 2.30. The summed E-state index contributed by atoms with van der Waals surface area (Å²) in [7, 11) is 0. The van der Waals surface area contributed by atoms with E-state index in [9.17, 15) is 4.39 Å². The zero-order chi connectivity index (χ0) is 20.8. The van der Waals surface area contributed by atoms with Crippen molar-refractivity contribution in [1.29, 1.82) is 0 Å².